The lowest BCUT2D eigenvalue weighted by molar-refractivity contribution is -0.133. The molecule has 0 unspecified atom stereocenters. The first-order valence-corrected chi connectivity index (χ1v) is 7.88. The topological polar surface area (TPSA) is 65.6 Å². The number of nitrogens with one attached hydrogen (secondary N) is 1. The van der Waals surface area contributed by atoms with Gasteiger partial charge in [0.2, 0.25) is 5.91 Å². The first kappa shape index (κ1) is 15.1. The fourth-order valence-electron chi connectivity index (χ4n) is 3.70. The van der Waals surface area contributed by atoms with E-state index >= 15 is 0 Å². The van der Waals surface area contributed by atoms with Crippen LogP contribution < -0.4 is 0 Å². The van der Waals surface area contributed by atoms with Crippen LogP contribution in [0.15, 0.2) is 18.3 Å². The fourth-order valence-corrected chi connectivity index (χ4v) is 3.70. The number of methoxy groups -OCH3 is 1. The molecule has 1 aromatic heterocycles. The molecule has 2 fully saturated rings. The van der Waals surface area contributed by atoms with Crippen molar-refractivity contribution in [3.05, 3.63) is 24.0 Å². The van der Waals surface area contributed by atoms with Gasteiger partial charge in [0.1, 0.15) is 5.69 Å². The summed E-state index contributed by atoms with van der Waals surface area (Å²) in [4.78, 5) is 31.4. The van der Waals surface area contributed by atoms with Crippen molar-refractivity contribution in [1.29, 1.82) is 0 Å². The number of hydrogen-bond donors (Lipinski definition) is 1. The van der Waals surface area contributed by atoms with Crippen molar-refractivity contribution in [3.8, 4) is 0 Å². The van der Waals surface area contributed by atoms with Crippen molar-refractivity contribution < 1.29 is 14.3 Å². The normalized spacial score (nSPS) is 20.9. The highest BCUT2D eigenvalue weighted by Crippen LogP contribution is 2.39. The smallest absolute Gasteiger partial charge is 0.270 e. The Hall–Kier alpha value is -1.82. The third kappa shape index (κ3) is 2.63. The van der Waals surface area contributed by atoms with Gasteiger partial charge in [-0.15, -0.1) is 0 Å². The monoisotopic (exact) mass is 305 g/mol. The summed E-state index contributed by atoms with van der Waals surface area (Å²) in [5, 5.41) is 0. The standard InChI is InChI=1S/C16H23N3O3/c1-22-12-11-19-14(20)4-5-16(19)6-9-18(10-7-16)15(21)13-3-2-8-17-13/h2-3,8,17H,4-7,9-12H2,1H3. The van der Waals surface area contributed by atoms with Crippen LogP contribution in [0.2, 0.25) is 0 Å². The van der Waals surface area contributed by atoms with Crippen LogP contribution in [0.1, 0.15) is 36.2 Å². The zero-order chi connectivity index (χ0) is 15.6. The van der Waals surface area contributed by atoms with Crippen LogP contribution in [-0.4, -0.2) is 65.5 Å². The number of H-pyrrole nitrogens is 1. The van der Waals surface area contributed by atoms with Gasteiger partial charge < -0.3 is 19.5 Å². The van der Waals surface area contributed by atoms with Crippen molar-refractivity contribution in [2.45, 2.75) is 31.2 Å². The molecule has 0 atom stereocenters. The molecule has 0 aromatic carbocycles. The highest BCUT2D eigenvalue weighted by molar-refractivity contribution is 5.92. The molecule has 3 rings (SSSR count). The second-order valence-corrected chi connectivity index (χ2v) is 6.14. The molecular weight excluding hydrogens is 282 g/mol. The van der Waals surface area contributed by atoms with Gasteiger partial charge in [0, 0.05) is 44.9 Å². The van der Waals surface area contributed by atoms with Gasteiger partial charge in [-0.25, -0.2) is 0 Å². The third-order valence-corrected chi connectivity index (χ3v) is 5.01. The van der Waals surface area contributed by atoms with Crippen LogP contribution in [0.4, 0.5) is 0 Å². The van der Waals surface area contributed by atoms with Gasteiger partial charge in [-0.1, -0.05) is 0 Å². The molecule has 1 N–H and O–H groups in total. The Labute approximate surface area is 130 Å². The number of aromatic nitrogens is 1. The van der Waals surface area contributed by atoms with Gasteiger partial charge in [-0.3, -0.25) is 9.59 Å². The zero-order valence-corrected chi connectivity index (χ0v) is 13.0. The first-order chi connectivity index (χ1) is 10.7. The second kappa shape index (κ2) is 6.12. The number of nitrogens with zero attached hydrogens (tertiary/aromatic N) is 2. The van der Waals surface area contributed by atoms with Crippen LogP contribution >= 0.6 is 0 Å². The van der Waals surface area contributed by atoms with E-state index in [0.29, 0.717) is 38.4 Å². The Morgan fingerprint density at radius 1 is 1.36 bits per heavy atom. The number of aromatic amines is 1. The van der Waals surface area contributed by atoms with Crippen molar-refractivity contribution in [1.82, 2.24) is 14.8 Å². The van der Waals surface area contributed by atoms with Crippen molar-refractivity contribution >= 4 is 11.8 Å². The molecule has 0 aliphatic carbocycles. The maximum absolute atomic E-state index is 12.4. The molecule has 2 saturated heterocycles. The second-order valence-electron chi connectivity index (χ2n) is 6.14. The number of hydrogen-bond acceptors (Lipinski definition) is 3. The zero-order valence-electron chi connectivity index (χ0n) is 13.0. The van der Waals surface area contributed by atoms with E-state index in [0.717, 1.165) is 19.3 Å². The maximum atomic E-state index is 12.4. The molecule has 2 amide bonds. The van der Waals surface area contributed by atoms with Crippen molar-refractivity contribution in [2.24, 2.45) is 0 Å². The summed E-state index contributed by atoms with van der Waals surface area (Å²) in [6.45, 7) is 2.63. The SMILES string of the molecule is COCCN1C(=O)CCC12CCN(C(=O)c1ccc[nH]1)CC2. The Morgan fingerprint density at radius 3 is 2.77 bits per heavy atom. The molecule has 6 nitrogen and oxygen atoms in total. The largest absolute Gasteiger partial charge is 0.383 e. The lowest BCUT2D eigenvalue weighted by Crippen LogP contribution is -2.54. The molecule has 3 heterocycles. The van der Waals surface area contributed by atoms with Crippen molar-refractivity contribution in [3.63, 3.8) is 0 Å². The molecule has 0 saturated carbocycles. The van der Waals surface area contributed by atoms with E-state index in [9.17, 15) is 9.59 Å². The molecule has 1 aromatic rings. The van der Waals surface area contributed by atoms with Gasteiger partial charge in [-0.05, 0) is 31.4 Å². The Morgan fingerprint density at radius 2 is 2.14 bits per heavy atom. The summed E-state index contributed by atoms with van der Waals surface area (Å²) in [5.74, 6) is 0.272. The van der Waals surface area contributed by atoms with Crippen LogP contribution in [0.5, 0.6) is 0 Å². The molecule has 1 spiro atoms. The minimum atomic E-state index is -0.0673. The third-order valence-electron chi connectivity index (χ3n) is 5.01. The lowest BCUT2D eigenvalue weighted by Gasteiger charge is -2.44. The highest BCUT2D eigenvalue weighted by atomic mass is 16.5. The van der Waals surface area contributed by atoms with E-state index in [1.807, 2.05) is 15.9 Å². The number of carbonyl (C=O) groups excluding carboxylic acids is 2. The van der Waals surface area contributed by atoms with Crippen LogP contribution in [-0.2, 0) is 9.53 Å². The van der Waals surface area contributed by atoms with Crippen LogP contribution in [0.25, 0.3) is 0 Å². The van der Waals surface area contributed by atoms with E-state index in [1.165, 1.54) is 0 Å². The summed E-state index contributed by atoms with van der Waals surface area (Å²) in [7, 11) is 1.66. The van der Waals surface area contributed by atoms with Crippen LogP contribution in [0, 0.1) is 0 Å². The molecule has 0 bridgehead atoms. The van der Waals surface area contributed by atoms with Gasteiger partial charge in [-0.2, -0.15) is 0 Å². The minimum absolute atomic E-state index is 0.0487. The number of carbonyl (C=O) groups is 2. The van der Waals surface area contributed by atoms with Crippen molar-refractivity contribution in [2.75, 3.05) is 33.4 Å². The quantitative estimate of drug-likeness (QED) is 0.910. The van der Waals surface area contributed by atoms with E-state index in [-0.39, 0.29) is 17.4 Å². The molecule has 120 valence electrons. The lowest BCUT2D eigenvalue weighted by atomic mass is 9.85. The average Bonchev–Trinajstić information content (AvgIpc) is 3.16. The van der Waals surface area contributed by atoms with Gasteiger partial charge in [0.25, 0.3) is 5.91 Å². The van der Waals surface area contributed by atoms with Gasteiger partial charge in [0.05, 0.1) is 6.61 Å². The van der Waals surface area contributed by atoms with E-state index in [4.69, 9.17) is 4.74 Å². The molecular formula is C16H23N3O3. The minimum Gasteiger partial charge on any atom is -0.383 e. The van der Waals surface area contributed by atoms with Gasteiger partial charge in [0.15, 0.2) is 0 Å². The summed E-state index contributed by atoms with van der Waals surface area (Å²) in [6.07, 6.45) is 5.00. The fraction of sp³-hybridized carbons (Fsp3) is 0.625. The van der Waals surface area contributed by atoms with E-state index in [2.05, 4.69) is 4.98 Å². The summed E-state index contributed by atoms with van der Waals surface area (Å²) < 4.78 is 5.13. The molecule has 2 aliphatic heterocycles. The summed E-state index contributed by atoms with van der Waals surface area (Å²) in [5.41, 5.74) is 0.567. The highest BCUT2D eigenvalue weighted by Gasteiger charge is 2.47. The molecule has 2 aliphatic rings. The summed E-state index contributed by atoms with van der Waals surface area (Å²) >= 11 is 0. The number of rotatable bonds is 4. The Bertz CT molecular complexity index is 533. The van der Waals surface area contributed by atoms with Gasteiger partial charge >= 0.3 is 0 Å². The Kier molecular flexibility index (Phi) is 4.20. The number of likely N-dealkylation sites (tertiary alicyclic amines) is 2. The van der Waals surface area contributed by atoms with Crippen LogP contribution in [0.3, 0.4) is 0 Å². The summed E-state index contributed by atoms with van der Waals surface area (Å²) in [6, 6.07) is 3.64. The molecule has 0 radical (unpaired) electrons. The number of piperidine rings is 1. The first-order valence-electron chi connectivity index (χ1n) is 7.88. The average molecular weight is 305 g/mol. The predicted octanol–water partition coefficient (Wildman–Crippen LogP) is 1.26. The maximum Gasteiger partial charge on any atom is 0.270 e. The molecule has 22 heavy (non-hydrogen) atoms. The Balaban J connectivity index is 1.65. The molecule has 6 heteroatoms. The number of ether oxygens (including phenoxy) is 1. The van der Waals surface area contributed by atoms with E-state index in [1.54, 1.807) is 19.4 Å². The predicted molar refractivity (Wildman–Crippen MR) is 81.5 cm³/mol. The number of amides is 2. The van der Waals surface area contributed by atoms with E-state index < -0.39 is 0 Å².